The van der Waals surface area contributed by atoms with Crippen molar-refractivity contribution < 1.29 is 4.79 Å². The maximum absolute atomic E-state index is 12.5. The summed E-state index contributed by atoms with van der Waals surface area (Å²) in [6.45, 7) is 5.75. The lowest BCUT2D eigenvalue weighted by Gasteiger charge is -2.39. The maximum atomic E-state index is 12.5. The largest absolute Gasteiger partial charge is 0.340 e. The summed E-state index contributed by atoms with van der Waals surface area (Å²) in [5.74, 6) is 1.03. The number of rotatable bonds is 2. The van der Waals surface area contributed by atoms with Crippen molar-refractivity contribution in [2.24, 2.45) is 5.41 Å². The first kappa shape index (κ1) is 15.6. The molecule has 126 valence electrons. The molecule has 2 fully saturated rings. The lowest BCUT2D eigenvalue weighted by Crippen LogP contribution is -2.44. The number of amides is 1. The van der Waals surface area contributed by atoms with Gasteiger partial charge in [-0.3, -0.25) is 4.79 Å². The van der Waals surface area contributed by atoms with Crippen molar-refractivity contribution >= 4 is 23.2 Å². The molecule has 2 aromatic heterocycles. The molecule has 0 unspecified atom stereocenters. The third kappa shape index (κ3) is 2.90. The molecule has 4 rings (SSSR count). The molecule has 0 radical (unpaired) electrons. The van der Waals surface area contributed by atoms with Crippen LogP contribution < -0.4 is 4.90 Å². The number of carbonyl (C=O) groups is 1. The van der Waals surface area contributed by atoms with Crippen LogP contribution in [0.15, 0.2) is 29.2 Å². The zero-order valence-corrected chi connectivity index (χ0v) is 14.8. The Hall–Kier alpha value is -1.95. The van der Waals surface area contributed by atoms with E-state index >= 15 is 0 Å². The Morgan fingerprint density at radius 1 is 1.17 bits per heavy atom. The molecule has 1 spiro atoms. The summed E-state index contributed by atoms with van der Waals surface area (Å²) in [7, 11) is 0. The minimum Gasteiger partial charge on any atom is -0.340 e. The van der Waals surface area contributed by atoms with Gasteiger partial charge in [-0.25, -0.2) is 9.97 Å². The predicted octanol–water partition coefficient (Wildman–Crippen LogP) is 2.98. The number of aromatic nitrogens is 2. The van der Waals surface area contributed by atoms with E-state index < -0.39 is 0 Å². The molecule has 5 nitrogen and oxygen atoms in total. The van der Waals surface area contributed by atoms with Crippen LogP contribution in [0.25, 0.3) is 0 Å². The number of likely N-dealkylation sites (tertiary alicyclic amines) is 1. The van der Waals surface area contributed by atoms with Gasteiger partial charge in [-0.05, 0) is 48.6 Å². The quantitative estimate of drug-likeness (QED) is 0.842. The van der Waals surface area contributed by atoms with Crippen LogP contribution in [0.5, 0.6) is 0 Å². The Balaban J connectivity index is 1.39. The molecule has 2 aliphatic heterocycles. The van der Waals surface area contributed by atoms with E-state index in [9.17, 15) is 4.79 Å². The normalized spacial score (nSPS) is 19.9. The van der Waals surface area contributed by atoms with E-state index in [0.29, 0.717) is 5.41 Å². The number of thiophene rings is 1. The van der Waals surface area contributed by atoms with Crippen molar-refractivity contribution in [1.82, 2.24) is 14.9 Å². The molecule has 4 heterocycles. The number of hydrogen-bond donors (Lipinski definition) is 0. The molecule has 0 aliphatic carbocycles. The lowest BCUT2D eigenvalue weighted by atomic mass is 9.77. The van der Waals surface area contributed by atoms with Gasteiger partial charge in [-0.2, -0.15) is 11.3 Å². The van der Waals surface area contributed by atoms with Gasteiger partial charge in [0.1, 0.15) is 0 Å². The molecule has 0 aromatic carbocycles. The van der Waals surface area contributed by atoms with Crippen LogP contribution in [-0.4, -0.2) is 47.0 Å². The zero-order chi connectivity index (χ0) is 16.6. The highest BCUT2D eigenvalue weighted by atomic mass is 32.1. The molecule has 0 bridgehead atoms. The fourth-order valence-electron chi connectivity index (χ4n) is 3.82. The average molecular weight is 342 g/mol. The highest BCUT2D eigenvalue weighted by Crippen LogP contribution is 2.41. The van der Waals surface area contributed by atoms with Crippen LogP contribution in [0.3, 0.4) is 0 Å². The summed E-state index contributed by atoms with van der Waals surface area (Å²) in [5.41, 5.74) is 2.24. The Morgan fingerprint density at radius 3 is 2.54 bits per heavy atom. The van der Waals surface area contributed by atoms with Crippen LogP contribution in [0.2, 0.25) is 0 Å². The summed E-state index contributed by atoms with van der Waals surface area (Å²) in [5, 5.41) is 3.91. The van der Waals surface area contributed by atoms with Crippen LogP contribution in [0.4, 0.5) is 5.95 Å². The molecular weight excluding hydrogens is 320 g/mol. The van der Waals surface area contributed by atoms with Crippen molar-refractivity contribution in [3.05, 3.63) is 40.3 Å². The van der Waals surface area contributed by atoms with E-state index in [4.69, 9.17) is 0 Å². The van der Waals surface area contributed by atoms with E-state index in [-0.39, 0.29) is 5.91 Å². The summed E-state index contributed by atoms with van der Waals surface area (Å²) < 4.78 is 0. The van der Waals surface area contributed by atoms with Crippen LogP contribution in [0, 0.1) is 12.3 Å². The second kappa shape index (κ2) is 6.16. The topological polar surface area (TPSA) is 49.3 Å². The van der Waals surface area contributed by atoms with E-state index in [1.807, 2.05) is 41.0 Å². The highest BCUT2D eigenvalue weighted by Gasteiger charge is 2.42. The van der Waals surface area contributed by atoms with E-state index in [1.54, 1.807) is 11.3 Å². The number of piperidine rings is 1. The predicted molar refractivity (Wildman–Crippen MR) is 95.5 cm³/mol. The summed E-state index contributed by atoms with van der Waals surface area (Å²) in [6, 6.07) is 1.92. The van der Waals surface area contributed by atoms with Gasteiger partial charge in [0.2, 0.25) is 5.95 Å². The number of anilines is 1. The van der Waals surface area contributed by atoms with E-state index in [1.165, 1.54) is 6.42 Å². The molecule has 0 atom stereocenters. The van der Waals surface area contributed by atoms with Gasteiger partial charge in [-0.15, -0.1) is 0 Å². The van der Waals surface area contributed by atoms with Crippen molar-refractivity contribution in [3.8, 4) is 0 Å². The summed E-state index contributed by atoms with van der Waals surface area (Å²) in [4.78, 5) is 25.7. The van der Waals surface area contributed by atoms with Gasteiger partial charge < -0.3 is 9.80 Å². The molecule has 0 saturated carbocycles. The van der Waals surface area contributed by atoms with Crippen molar-refractivity contribution in [2.45, 2.75) is 26.2 Å². The Labute approximate surface area is 146 Å². The maximum Gasteiger partial charge on any atom is 0.254 e. The molecule has 2 saturated heterocycles. The molecular formula is C18H22N4OS. The third-order valence-corrected chi connectivity index (χ3v) is 6.05. The van der Waals surface area contributed by atoms with Crippen molar-refractivity contribution in [2.75, 3.05) is 31.1 Å². The SMILES string of the molecule is Cc1cnc(N2CCC3(CCN(C(=O)c4ccsc4)CC3)C2)nc1. The molecule has 6 heteroatoms. The van der Waals surface area contributed by atoms with Crippen molar-refractivity contribution in [1.29, 1.82) is 0 Å². The fourth-order valence-corrected chi connectivity index (χ4v) is 4.45. The average Bonchev–Trinajstić information content (AvgIpc) is 3.26. The first-order chi connectivity index (χ1) is 11.7. The summed E-state index contributed by atoms with van der Waals surface area (Å²) in [6.07, 6.45) is 7.09. The number of aryl methyl sites for hydroxylation is 1. The van der Waals surface area contributed by atoms with Crippen LogP contribution >= 0.6 is 11.3 Å². The number of nitrogens with zero attached hydrogens (tertiary/aromatic N) is 4. The Bertz CT molecular complexity index is 705. The highest BCUT2D eigenvalue weighted by molar-refractivity contribution is 7.08. The fraction of sp³-hybridized carbons (Fsp3) is 0.500. The molecule has 2 aromatic rings. The molecule has 0 N–H and O–H groups in total. The van der Waals surface area contributed by atoms with Gasteiger partial charge in [0.05, 0.1) is 5.56 Å². The van der Waals surface area contributed by atoms with Crippen LogP contribution in [-0.2, 0) is 0 Å². The minimum absolute atomic E-state index is 0.183. The Kier molecular flexibility index (Phi) is 4.00. The molecule has 24 heavy (non-hydrogen) atoms. The Morgan fingerprint density at radius 2 is 1.88 bits per heavy atom. The first-order valence-corrected chi connectivity index (χ1v) is 9.45. The standard InChI is InChI=1S/C18H22N4OS/c1-14-10-19-17(20-11-14)22-8-5-18(13-22)3-6-21(7-4-18)16(23)15-2-9-24-12-15/h2,9-12H,3-8,13H2,1H3. The first-order valence-electron chi connectivity index (χ1n) is 8.50. The molecule has 2 aliphatic rings. The van der Waals surface area contributed by atoms with Gasteiger partial charge >= 0.3 is 0 Å². The van der Waals surface area contributed by atoms with Crippen LogP contribution in [0.1, 0.15) is 35.2 Å². The summed E-state index contributed by atoms with van der Waals surface area (Å²) >= 11 is 1.58. The van der Waals surface area contributed by atoms with Gasteiger partial charge in [0.25, 0.3) is 5.91 Å². The minimum atomic E-state index is 0.183. The number of hydrogen-bond acceptors (Lipinski definition) is 5. The molecule has 1 amide bonds. The second-order valence-corrected chi connectivity index (χ2v) is 7.82. The van der Waals surface area contributed by atoms with E-state index in [2.05, 4.69) is 14.9 Å². The van der Waals surface area contributed by atoms with Gasteiger partial charge in [0.15, 0.2) is 0 Å². The van der Waals surface area contributed by atoms with Gasteiger partial charge in [0, 0.05) is 44.0 Å². The monoisotopic (exact) mass is 342 g/mol. The number of carbonyl (C=O) groups excluding carboxylic acids is 1. The van der Waals surface area contributed by atoms with E-state index in [0.717, 1.165) is 56.1 Å². The zero-order valence-electron chi connectivity index (χ0n) is 13.9. The van der Waals surface area contributed by atoms with Crippen molar-refractivity contribution in [3.63, 3.8) is 0 Å². The smallest absolute Gasteiger partial charge is 0.254 e. The third-order valence-electron chi connectivity index (χ3n) is 5.37. The van der Waals surface area contributed by atoms with Gasteiger partial charge in [-0.1, -0.05) is 0 Å². The second-order valence-electron chi connectivity index (χ2n) is 7.04. The lowest BCUT2D eigenvalue weighted by molar-refractivity contribution is 0.0610.